The van der Waals surface area contributed by atoms with Crippen LogP contribution in [-0.2, 0) is 58.9 Å². The van der Waals surface area contributed by atoms with Crippen molar-refractivity contribution < 1.29 is 116 Å². The molecule has 6 aromatic rings. The van der Waals surface area contributed by atoms with Crippen LogP contribution in [0.4, 0.5) is 0 Å². The number of fused-ring (bicyclic) bond motifs is 12. The van der Waals surface area contributed by atoms with Crippen LogP contribution in [0.5, 0.6) is 40.2 Å². The number of hydrogen-bond donors (Lipinski definition) is 19. The van der Waals surface area contributed by atoms with Crippen LogP contribution in [0, 0.1) is 29.6 Å². The van der Waals surface area contributed by atoms with Crippen molar-refractivity contribution in [1.82, 2.24) is 52.6 Å². The average molecular weight is 1660 g/mol. The summed E-state index contributed by atoms with van der Waals surface area (Å²) in [7, 11) is -1.75. The van der Waals surface area contributed by atoms with Gasteiger partial charge in [-0.15, -0.1) is 0 Å². The second-order valence-corrected chi connectivity index (χ2v) is 33.5. The zero-order chi connectivity index (χ0) is 82.8. The zero-order valence-electron chi connectivity index (χ0n) is 62.7. The van der Waals surface area contributed by atoms with Crippen LogP contribution in [0.2, 0.25) is 10.0 Å². The van der Waals surface area contributed by atoms with Crippen LogP contribution in [0.3, 0.4) is 0 Å². The summed E-state index contributed by atoms with van der Waals surface area (Å²) in [5, 5.41) is 129. The molecule has 5 fully saturated rings. The van der Waals surface area contributed by atoms with E-state index in [1.807, 2.05) is 4.72 Å². The molecule has 1 saturated heterocycles. The SMILES string of the molecule is CNCCOc1ccc(S(=O)(=O)NC(=O)C[C@@H]2NC(=O)[C@H](NC(=O)[C@@H](CC(C)C)NC)[C@H](O)c3ccc(c(Cl)c3)Oc3cc4cc(c3O[C@@H]3O[C@H](CO)[C@@H](O)[C@H](O)[C@H]3O)Oc3ccc(cc3Cl)[C@@H](O)[C@@H]3NC(=O)[C@H](NC(=O)[C@@H]4NC2=O)c2ccc4c(c2)-c2c(cc(O)cc2C4(O)O)[C@@H](C(=O)NC2C4CC5CC(C4)CC2C5)NC3=O)cc1. The summed E-state index contributed by atoms with van der Waals surface area (Å²) in [4.78, 5) is 124. The minimum absolute atomic E-state index is 0.0688. The van der Waals surface area contributed by atoms with Crippen molar-refractivity contribution in [3.63, 3.8) is 0 Å². The minimum Gasteiger partial charge on any atom is -0.508 e. The van der Waals surface area contributed by atoms with E-state index < -0.39 is 210 Å². The molecule has 4 saturated carbocycles. The predicted octanol–water partition coefficient (Wildman–Crippen LogP) is 1.43. The number of carbonyl (C=O) groups excluding carboxylic acids is 8. The third kappa shape index (κ3) is 16.5. The second kappa shape index (κ2) is 33.3. The average Bonchev–Trinajstić information content (AvgIpc) is 1.55. The van der Waals surface area contributed by atoms with Crippen molar-refractivity contribution in [3.05, 3.63) is 152 Å². The summed E-state index contributed by atoms with van der Waals surface area (Å²) >= 11 is 14.2. The highest BCUT2D eigenvalue weighted by Gasteiger charge is 2.52. The number of benzene rings is 6. The maximum Gasteiger partial charge on any atom is 0.264 e. The number of halogens is 2. The maximum absolute atomic E-state index is 16.5. The molecule has 19 N–H and O–H groups in total. The number of sulfonamides is 1. The molecule has 8 amide bonds. The Kier molecular flexibility index (Phi) is 23.7. The molecule has 116 heavy (non-hydrogen) atoms. The third-order valence-corrected chi connectivity index (χ3v) is 24.7. The van der Waals surface area contributed by atoms with Crippen LogP contribution in [0.25, 0.3) is 11.1 Å². The van der Waals surface area contributed by atoms with E-state index in [4.69, 9.17) is 46.9 Å². The van der Waals surface area contributed by atoms with Gasteiger partial charge in [-0.2, -0.15) is 0 Å². The number of aliphatic hydroxyl groups is 8. The quantitative estimate of drug-likeness (QED) is 0.0427. The van der Waals surface area contributed by atoms with Crippen LogP contribution < -0.4 is 71.5 Å². The number of aliphatic hydroxyl groups excluding tert-OH is 6. The van der Waals surface area contributed by atoms with Gasteiger partial charge < -0.3 is 117 Å². The van der Waals surface area contributed by atoms with Gasteiger partial charge in [0, 0.05) is 23.7 Å². The lowest BCUT2D eigenvalue weighted by atomic mass is 9.54. The highest BCUT2D eigenvalue weighted by Crippen LogP contribution is 2.56. The topological polar surface area (TPSA) is 519 Å². The van der Waals surface area contributed by atoms with Crippen molar-refractivity contribution >= 4 is 80.5 Å². The number of amides is 8. The fourth-order valence-electron chi connectivity index (χ4n) is 17.1. The number of nitrogens with one attached hydrogen (secondary N) is 10. The summed E-state index contributed by atoms with van der Waals surface area (Å²) in [6.45, 7) is 3.25. The lowest BCUT2D eigenvalue weighted by Gasteiger charge is -2.54. The van der Waals surface area contributed by atoms with E-state index in [1.54, 1.807) is 20.9 Å². The zero-order valence-corrected chi connectivity index (χ0v) is 65.1. The van der Waals surface area contributed by atoms with Gasteiger partial charge in [-0.25, -0.2) is 13.1 Å². The number of aromatic hydroxyl groups is 1. The van der Waals surface area contributed by atoms with E-state index in [1.165, 1.54) is 55.6 Å². The van der Waals surface area contributed by atoms with Gasteiger partial charge >= 0.3 is 0 Å². The van der Waals surface area contributed by atoms with Gasteiger partial charge in [0.05, 0.1) is 34.0 Å². The Bertz CT molecular complexity index is 4970. The van der Waals surface area contributed by atoms with E-state index >= 15 is 28.8 Å². The van der Waals surface area contributed by atoms with Gasteiger partial charge in [0.15, 0.2) is 11.5 Å². The van der Waals surface area contributed by atoms with Gasteiger partial charge in [-0.3, -0.25) is 38.4 Å². The van der Waals surface area contributed by atoms with Crippen molar-refractivity contribution in [2.45, 2.75) is 161 Å². The second-order valence-electron chi connectivity index (χ2n) is 31.0. The molecular weight excluding hydrogens is 1580 g/mol. The Hall–Kier alpha value is -9.83. The van der Waals surface area contributed by atoms with E-state index in [0.29, 0.717) is 18.4 Å². The molecule has 0 aromatic heterocycles. The molecule has 37 heteroatoms. The van der Waals surface area contributed by atoms with E-state index in [-0.39, 0.29) is 93.0 Å². The number of carbonyl (C=O) groups is 8. The largest absolute Gasteiger partial charge is 0.508 e. The fourth-order valence-corrected chi connectivity index (χ4v) is 18.6. The number of likely N-dealkylation sites (N-methyl/N-ethyl adjacent to an activating group) is 2. The van der Waals surface area contributed by atoms with Crippen molar-refractivity contribution in [3.8, 4) is 51.4 Å². The molecule has 0 radical (unpaired) electrons. The monoisotopic (exact) mass is 1660 g/mol. The van der Waals surface area contributed by atoms with Gasteiger partial charge in [0.2, 0.25) is 65.1 Å². The van der Waals surface area contributed by atoms with E-state index in [9.17, 15) is 64.0 Å². The molecule has 6 heterocycles. The first-order chi connectivity index (χ1) is 55.2. The standard InChI is InChI=1S/C79H88Cl2N10O24S/c1-32(2)17-50(83-4)71(100)89-63-65(95)36-6-13-52(48(80)24-36)112-54-26-40-27-55(70(54)115-78-69(99)68(98)67(97)56(31-92)114-78)113-53-14-7-37(25-49(53)81)66(96)64-77(106)88-62(75(104)85-59-38-19-33-18-34(21-38)22-39(59)20-33)45-28-41(93)29-47-58(45)44-23-35(5-12-46(44)79(47,107)108)60(73(102)90-64)87-74(103)61(40)86-72(101)51(84-76(63)105)30-57(94)91-116(109,110)43-10-8-42(9-11-43)111-16-15-82-3/h5-14,23-29,32-34,38-39,50-51,56,59-69,78,82-83,92-93,95-99,107-108H,15-22,30-31H2,1-4H3,(H,84,105)(H,85,104)(H,86,101)(H,87,103)(H,88,106)(H,89,100)(H,90,102)(H,91,94)/t33?,34?,38?,39?,50-,51+,56-,59?,60-,61-,62+,63-,64+,65-,66-,67-,68+,69-,78+/m1/s1. The Labute approximate surface area is 673 Å². The molecule has 17 rings (SSSR count). The van der Waals surface area contributed by atoms with Crippen molar-refractivity contribution in [1.29, 1.82) is 0 Å². The van der Waals surface area contributed by atoms with Crippen LogP contribution in [-0.4, -0.2) is 196 Å². The summed E-state index contributed by atoms with van der Waals surface area (Å²) in [6.07, 6.45) is -11.1. The fraction of sp³-hybridized carbons (Fsp3) is 0.443. The Balaban J connectivity index is 0.954. The molecule has 14 atom stereocenters. The van der Waals surface area contributed by atoms with Crippen molar-refractivity contribution in [2.24, 2.45) is 29.6 Å². The van der Waals surface area contributed by atoms with Gasteiger partial charge in [-0.05, 0) is 200 Å². The highest BCUT2D eigenvalue weighted by molar-refractivity contribution is 7.90. The molecule has 6 aliphatic heterocycles. The predicted molar refractivity (Wildman–Crippen MR) is 408 cm³/mol. The third-order valence-electron chi connectivity index (χ3n) is 22.7. The Morgan fingerprint density at radius 2 is 1.26 bits per heavy atom. The van der Waals surface area contributed by atoms with Gasteiger partial charge in [0.1, 0.15) is 102 Å². The van der Waals surface area contributed by atoms with Crippen LogP contribution in [0.15, 0.2) is 108 Å². The van der Waals surface area contributed by atoms with Gasteiger partial charge in [0.25, 0.3) is 10.0 Å². The molecule has 11 aliphatic rings. The number of hydrogen-bond acceptors (Lipinski definition) is 26. The normalized spacial score (nSPS) is 28.7. The molecule has 0 spiro atoms. The molecular formula is C79H88Cl2N10O24S. The maximum atomic E-state index is 16.5. The molecule has 0 unspecified atom stereocenters. The van der Waals surface area contributed by atoms with E-state index in [2.05, 4.69) is 47.9 Å². The highest BCUT2D eigenvalue weighted by atomic mass is 35.5. The first-order valence-corrected chi connectivity index (χ1v) is 40.1. The Morgan fingerprint density at radius 1 is 0.647 bits per heavy atom. The molecule has 618 valence electrons. The molecule has 34 nitrogen and oxygen atoms in total. The summed E-state index contributed by atoms with van der Waals surface area (Å²) in [5.41, 5.74) is -2.33. The first-order valence-electron chi connectivity index (χ1n) is 37.9. The van der Waals surface area contributed by atoms with Crippen LogP contribution in [0.1, 0.15) is 128 Å². The summed E-state index contributed by atoms with van der Waals surface area (Å²) < 4.78 is 61.2. The minimum atomic E-state index is -4.90. The smallest absolute Gasteiger partial charge is 0.264 e. The van der Waals surface area contributed by atoms with E-state index in [0.717, 1.165) is 86.7 Å². The molecule has 6 aromatic carbocycles. The van der Waals surface area contributed by atoms with Crippen LogP contribution >= 0.6 is 23.2 Å². The number of phenolic OH excluding ortho intramolecular Hbond substituents is 1. The number of ether oxygens (including phenoxy) is 5. The number of phenols is 1. The first kappa shape index (κ1) is 82.7. The number of rotatable bonds is 18. The summed E-state index contributed by atoms with van der Waals surface area (Å²) in [5.74, 6) is -15.4. The summed E-state index contributed by atoms with van der Waals surface area (Å²) in [6, 6.07) is 4.85. The lowest BCUT2D eigenvalue weighted by molar-refractivity contribution is -0.277. The Morgan fingerprint density at radius 3 is 1.87 bits per heavy atom. The lowest BCUT2D eigenvalue weighted by Crippen LogP contribution is -2.60. The molecule has 15 bridgehead atoms. The van der Waals surface area contributed by atoms with Crippen molar-refractivity contribution in [2.75, 3.05) is 33.9 Å². The molecule has 5 aliphatic carbocycles. The van der Waals surface area contributed by atoms with Gasteiger partial charge in [-0.1, -0.05) is 61.3 Å².